The molecule has 3 aromatic rings. The monoisotopic (exact) mass is 469 g/mol. The number of aromatic amines is 1. The second kappa shape index (κ2) is 11.4. The smallest absolute Gasteiger partial charge is 0.330 e. The molecule has 10 heteroatoms. The lowest BCUT2D eigenvalue weighted by Crippen LogP contribution is -2.45. The summed E-state index contributed by atoms with van der Waals surface area (Å²) in [6, 6.07) is 15.4. The Balaban J connectivity index is 1.91. The number of anilines is 2. The minimum atomic E-state index is -0.770. The fraction of sp³-hybridized carbons (Fsp3) is 0.292. The second-order valence-electron chi connectivity index (χ2n) is 7.87. The van der Waals surface area contributed by atoms with Crippen molar-refractivity contribution in [1.29, 1.82) is 0 Å². The van der Waals surface area contributed by atoms with Gasteiger partial charge in [0.15, 0.2) is 5.69 Å². The molecule has 3 rings (SSSR count). The number of amides is 1. The number of aromatic nitrogens is 2. The van der Waals surface area contributed by atoms with Gasteiger partial charge in [-0.15, -0.1) is 0 Å². The number of rotatable bonds is 10. The number of carbonyl (C=O) groups is 1. The molecule has 0 unspecified atom stereocenters. The molecule has 1 heterocycles. The van der Waals surface area contributed by atoms with Crippen molar-refractivity contribution in [1.82, 2.24) is 14.5 Å². The number of halogens is 1. The van der Waals surface area contributed by atoms with Crippen LogP contribution in [-0.2, 0) is 22.6 Å². The Hall–Kier alpha value is -3.76. The van der Waals surface area contributed by atoms with Gasteiger partial charge in [-0.05, 0) is 18.7 Å². The Bertz CT molecular complexity index is 1240. The highest BCUT2D eigenvalue weighted by molar-refractivity contribution is 5.96. The second-order valence-corrected chi connectivity index (χ2v) is 7.87. The summed E-state index contributed by atoms with van der Waals surface area (Å²) in [5.74, 6) is -0.941. The Morgan fingerprint density at radius 2 is 1.79 bits per heavy atom. The van der Waals surface area contributed by atoms with Crippen LogP contribution in [0, 0.1) is 5.82 Å². The number of H-pyrrole nitrogens is 1. The number of ether oxygens (including phenoxy) is 1. The Kier molecular flexibility index (Phi) is 8.34. The van der Waals surface area contributed by atoms with Gasteiger partial charge < -0.3 is 15.4 Å². The number of nitrogen functional groups attached to an aromatic ring is 1. The Morgan fingerprint density at radius 3 is 2.47 bits per heavy atom. The molecule has 0 atom stereocenters. The van der Waals surface area contributed by atoms with E-state index in [1.54, 1.807) is 30.1 Å². The molecule has 0 aliphatic carbocycles. The molecule has 0 saturated carbocycles. The summed E-state index contributed by atoms with van der Waals surface area (Å²) in [7, 11) is 3.14. The molecule has 1 amide bonds. The first kappa shape index (κ1) is 24.9. The summed E-state index contributed by atoms with van der Waals surface area (Å²) >= 11 is 0. The van der Waals surface area contributed by atoms with E-state index < -0.39 is 17.2 Å². The van der Waals surface area contributed by atoms with Gasteiger partial charge >= 0.3 is 5.69 Å². The number of likely N-dealkylation sites (N-methyl/N-ethyl adjacent to an activating group) is 1. The summed E-state index contributed by atoms with van der Waals surface area (Å²) in [4.78, 5) is 43.6. The molecule has 1 aromatic heterocycles. The SMILES string of the molecule is COCCN(C(=O)CN(C)Cc1ccccc1F)c1c(N)n(Cc2ccccc2)c(=O)[nH]c1=O. The fourth-order valence-corrected chi connectivity index (χ4v) is 3.59. The van der Waals surface area contributed by atoms with Crippen LogP contribution in [0.2, 0.25) is 0 Å². The third-order valence-electron chi connectivity index (χ3n) is 5.29. The van der Waals surface area contributed by atoms with E-state index in [1.807, 2.05) is 30.3 Å². The van der Waals surface area contributed by atoms with Crippen LogP contribution in [0.25, 0.3) is 0 Å². The standard InChI is InChI=1S/C24H28FN5O4/c1-28(15-18-10-6-7-11-19(18)25)16-20(31)29(12-13-34-2)21-22(26)30(24(33)27-23(21)32)14-17-8-4-3-5-9-17/h3-11H,12-16,26H2,1-2H3,(H,27,32,33). The lowest BCUT2D eigenvalue weighted by atomic mass is 10.2. The van der Waals surface area contributed by atoms with E-state index in [1.165, 1.54) is 22.6 Å². The van der Waals surface area contributed by atoms with Crippen LogP contribution in [0.1, 0.15) is 11.1 Å². The zero-order chi connectivity index (χ0) is 24.7. The number of hydrogen-bond donors (Lipinski definition) is 2. The molecule has 0 aliphatic heterocycles. The van der Waals surface area contributed by atoms with E-state index in [4.69, 9.17) is 10.5 Å². The molecule has 2 aromatic carbocycles. The highest BCUT2D eigenvalue weighted by atomic mass is 19.1. The molecule has 0 spiro atoms. The van der Waals surface area contributed by atoms with Crippen LogP contribution in [0.3, 0.4) is 0 Å². The van der Waals surface area contributed by atoms with Crippen molar-refractivity contribution in [2.45, 2.75) is 13.1 Å². The first-order valence-corrected chi connectivity index (χ1v) is 10.7. The Labute approximate surface area is 196 Å². The van der Waals surface area contributed by atoms with Crippen molar-refractivity contribution in [2.75, 3.05) is 44.5 Å². The molecule has 0 bridgehead atoms. The molecule has 34 heavy (non-hydrogen) atoms. The normalized spacial score (nSPS) is 11.1. The molecule has 0 aliphatic rings. The minimum absolute atomic E-state index is 0.0414. The number of benzene rings is 2. The number of hydrogen-bond acceptors (Lipinski definition) is 6. The van der Waals surface area contributed by atoms with Gasteiger partial charge in [0.05, 0.1) is 19.7 Å². The van der Waals surface area contributed by atoms with E-state index in [-0.39, 0.29) is 50.1 Å². The van der Waals surface area contributed by atoms with Crippen LogP contribution in [0.5, 0.6) is 0 Å². The molecule has 3 N–H and O–H groups in total. The summed E-state index contributed by atoms with van der Waals surface area (Å²) in [5.41, 5.74) is 5.93. The Morgan fingerprint density at radius 1 is 1.12 bits per heavy atom. The number of nitrogens with zero attached hydrogens (tertiary/aromatic N) is 3. The third kappa shape index (κ3) is 5.97. The molecule has 0 radical (unpaired) electrons. The lowest BCUT2D eigenvalue weighted by Gasteiger charge is -2.26. The van der Waals surface area contributed by atoms with E-state index in [0.29, 0.717) is 5.56 Å². The first-order chi connectivity index (χ1) is 16.3. The highest BCUT2D eigenvalue weighted by Crippen LogP contribution is 2.18. The molecule has 9 nitrogen and oxygen atoms in total. The van der Waals surface area contributed by atoms with Gasteiger partial charge in [-0.25, -0.2) is 9.18 Å². The number of methoxy groups -OCH3 is 1. The van der Waals surface area contributed by atoms with Crippen LogP contribution in [-0.4, -0.2) is 54.2 Å². The van der Waals surface area contributed by atoms with Crippen LogP contribution in [0.15, 0.2) is 64.2 Å². The van der Waals surface area contributed by atoms with Gasteiger partial charge in [-0.1, -0.05) is 48.5 Å². The third-order valence-corrected chi connectivity index (χ3v) is 5.29. The minimum Gasteiger partial charge on any atom is -0.383 e. The van der Waals surface area contributed by atoms with Gasteiger partial charge in [-0.3, -0.25) is 24.0 Å². The maximum Gasteiger partial charge on any atom is 0.330 e. The van der Waals surface area contributed by atoms with Crippen molar-refractivity contribution < 1.29 is 13.9 Å². The number of nitrogens with two attached hydrogens (primary N) is 1. The first-order valence-electron chi connectivity index (χ1n) is 10.7. The number of nitrogens with one attached hydrogen (secondary N) is 1. The predicted molar refractivity (Wildman–Crippen MR) is 128 cm³/mol. The summed E-state index contributed by atoms with van der Waals surface area (Å²) in [5, 5.41) is 0. The zero-order valence-electron chi connectivity index (χ0n) is 19.2. The van der Waals surface area contributed by atoms with Crippen molar-refractivity contribution in [3.05, 3.63) is 92.4 Å². The van der Waals surface area contributed by atoms with Crippen molar-refractivity contribution in [3.63, 3.8) is 0 Å². The average molecular weight is 470 g/mol. The van der Waals surface area contributed by atoms with Gasteiger partial charge in [0.2, 0.25) is 5.91 Å². The number of carbonyl (C=O) groups excluding carboxylic acids is 1. The maximum absolute atomic E-state index is 14.0. The van der Waals surface area contributed by atoms with E-state index in [0.717, 1.165) is 5.56 Å². The van der Waals surface area contributed by atoms with Gasteiger partial charge in [0, 0.05) is 25.8 Å². The molecular weight excluding hydrogens is 441 g/mol. The average Bonchev–Trinajstić information content (AvgIpc) is 2.80. The quantitative estimate of drug-likeness (QED) is 0.464. The summed E-state index contributed by atoms with van der Waals surface area (Å²) in [6.45, 7) is 0.374. The van der Waals surface area contributed by atoms with Crippen molar-refractivity contribution >= 4 is 17.4 Å². The molecular formula is C24H28FN5O4. The van der Waals surface area contributed by atoms with Crippen molar-refractivity contribution in [3.8, 4) is 0 Å². The van der Waals surface area contributed by atoms with Crippen molar-refractivity contribution in [2.24, 2.45) is 0 Å². The predicted octanol–water partition coefficient (Wildman–Crippen LogP) is 1.42. The van der Waals surface area contributed by atoms with E-state index in [2.05, 4.69) is 4.98 Å². The van der Waals surface area contributed by atoms with Crippen LogP contribution < -0.4 is 21.9 Å². The summed E-state index contributed by atoms with van der Waals surface area (Å²) < 4.78 is 20.3. The van der Waals surface area contributed by atoms with Gasteiger partial charge in [0.1, 0.15) is 11.6 Å². The molecule has 180 valence electrons. The van der Waals surface area contributed by atoms with Gasteiger partial charge in [0.25, 0.3) is 5.56 Å². The van der Waals surface area contributed by atoms with Crippen LogP contribution in [0.4, 0.5) is 15.9 Å². The highest BCUT2D eigenvalue weighted by Gasteiger charge is 2.25. The summed E-state index contributed by atoms with van der Waals surface area (Å²) in [6.07, 6.45) is 0. The maximum atomic E-state index is 14.0. The lowest BCUT2D eigenvalue weighted by molar-refractivity contribution is -0.119. The zero-order valence-corrected chi connectivity index (χ0v) is 19.2. The van der Waals surface area contributed by atoms with Gasteiger partial charge in [-0.2, -0.15) is 0 Å². The largest absolute Gasteiger partial charge is 0.383 e. The van der Waals surface area contributed by atoms with Crippen LogP contribution >= 0.6 is 0 Å². The molecule has 0 saturated heterocycles. The topological polar surface area (TPSA) is 114 Å². The van der Waals surface area contributed by atoms with E-state index >= 15 is 0 Å². The fourth-order valence-electron chi connectivity index (χ4n) is 3.59. The molecule has 0 fully saturated rings. The van der Waals surface area contributed by atoms with E-state index in [9.17, 15) is 18.8 Å².